The number of hydrogen-bond acceptors (Lipinski definition) is 6. The Morgan fingerprint density at radius 1 is 0.846 bits per heavy atom. The predicted molar refractivity (Wildman–Crippen MR) is 46.7 cm³/mol. The molecule has 0 fully saturated rings. The molecule has 6 heteroatoms. The second-order valence-electron chi connectivity index (χ2n) is 1.57. The van der Waals surface area contributed by atoms with Crippen molar-refractivity contribution in [3.05, 3.63) is 0 Å². The first kappa shape index (κ1) is 18.5. The minimum absolute atomic E-state index is 0.125. The van der Waals surface area contributed by atoms with Crippen LogP contribution in [0.2, 0.25) is 0 Å². The quantitative estimate of drug-likeness (QED) is 0.418. The first-order valence-corrected chi connectivity index (χ1v) is 3.81. The molecule has 84 valence electrons. The van der Waals surface area contributed by atoms with Gasteiger partial charge in [0.05, 0.1) is 27.4 Å². The van der Waals surface area contributed by atoms with Gasteiger partial charge in [0.2, 0.25) is 0 Å². The molecule has 0 saturated carbocycles. The Hall–Kier alpha value is -0.240. The van der Waals surface area contributed by atoms with Crippen LogP contribution < -0.4 is 0 Å². The maximum atomic E-state index is 7.88. The third-order valence-electron chi connectivity index (χ3n) is 0.460. The lowest BCUT2D eigenvalue weighted by Gasteiger charge is -1.85. The molecular weight excluding hydrogens is 180 g/mol. The van der Waals surface area contributed by atoms with Gasteiger partial charge in [-0.05, 0) is 6.42 Å². The molecule has 0 unspecified atom stereocenters. The smallest absolute Gasteiger partial charge is 0.0744 e. The first-order chi connectivity index (χ1) is 6.24. The van der Waals surface area contributed by atoms with Gasteiger partial charge in [0.15, 0.2) is 0 Å². The summed E-state index contributed by atoms with van der Waals surface area (Å²) < 4.78 is 0. The lowest BCUT2D eigenvalue weighted by atomic mass is 10.5. The minimum Gasteiger partial charge on any atom is -0.396 e. The van der Waals surface area contributed by atoms with Gasteiger partial charge in [-0.1, -0.05) is 12.0 Å². The van der Waals surface area contributed by atoms with Gasteiger partial charge < -0.3 is 15.3 Å². The maximum Gasteiger partial charge on any atom is 0.0744 e. The van der Waals surface area contributed by atoms with Crippen molar-refractivity contribution in [2.75, 3.05) is 34.0 Å². The molecule has 0 atom stereocenters. The largest absolute Gasteiger partial charge is 0.396 e. The summed E-state index contributed by atoms with van der Waals surface area (Å²) in [7, 11) is 2.73. The van der Waals surface area contributed by atoms with Crippen molar-refractivity contribution in [3.8, 4) is 0 Å². The Morgan fingerprint density at radius 3 is 1.15 bits per heavy atom. The van der Waals surface area contributed by atoms with Crippen molar-refractivity contribution in [3.63, 3.8) is 0 Å². The Morgan fingerprint density at radius 2 is 1.15 bits per heavy atom. The zero-order valence-corrected chi connectivity index (χ0v) is 8.39. The molecule has 0 radical (unpaired) electrons. The van der Waals surface area contributed by atoms with Crippen molar-refractivity contribution in [2.24, 2.45) is 0 Å². The predicted octanol–water partition coefficient (Wildman–Crippen LogP) is -0.515. The molecule has 0 bridgehead atoms. The van der Waals surface area contributed by atoms with Crippen LogP contribution in [0.5, 0.6) is 0 Å². The highest BCUT2D eigenvalue weighted by Crippen LogP contribution is 1.64. The van der Waals surface area contributed by atoms with Crippen LogP contribution in [0.4, 0.5) is 0 Å². The molecule has 0 rings (SSSR count). The molecule has 0 aromatic heterocycles. The summed E-state index contributed by atoms with van der Waals surface area (Å²) in [6, 6.07) is 0. The van der Waals surface area contributed by atoms with Crippen LogP contribution in [0.15, 0.2) is 0 Å². The summed E-state index contributed by atoms with van der Waals surface area (Å²) in [4.78, 5) is 7.94. The molecule has 0 heterocycles. The standard InChI is InChI=1S/C3H8O.C2H6O3.C2H6O2/c1-2-3-4;1-3-5-4-2;3-1-2-4/h4H,2-3H2,1H3;1-2H3;3-4H,1-2H2. The van der Waals surface area contributed by atoms with E-state index in [0.717, 1.165) is 6.42 Å². The summed E-state index contributed by atoms with van der Waals surface area (Å²) >= 11 is 0. The van der Waals surface area contributed by atoms with E-state index in [1.54, 1.807) is 0 Å². The summed E-state index contributed by atoms with van der Waals surface area (Å²) in [6.45, 7) is 2.00. The molecule has 0 aromatic carbocycles. The van der Waals surface area contributed by atoms with Gasteiger partial charge in [-0.15, -0.1) is 0 Å². The second-order valence-corrected chi connectivity index (χ2v) is 1.57. The highest BCUT2D eigenvalue weighted by molar-refractivity contribution is 4.10. The number of aliphatic hydroxyl groups is 3. The fourth-order valence-corrected chi connectivity index (χ4v) is 0.0680. The Kier molecular flexibility index (Phi) is 42.5. The van der Waals surface area contributed by atoms with Gasteiger partial charge in [-0.25, -0.2) is 9.78 Å². The van der Waals surface area contributed by atoms with Gasteiger partial charge in [-0.2, -0.15) is 0 Å². The van der Waals surface area contributed by atoms with Crippen LogP contribution in [0.3, 0.4) is 0 Å². The van der Waals surface area contributed by atoms with Gasteiger partial charge in [-0.3, -0.25) is 0 Å². The summed E-state index contributed by atoms with van der Waals surface area (Å²) in [5.74, 6) is 0. The van der Waals surface area contributed by atoms with Gasteiger partial charge in [0, 0.05) is 6.61 Å². The van der Waals surface area contributed by atoms with E-state index in [0.29, 0.717) is 6.61 Å². The highest BCUT2D eigenvalue weighted by Gasteiger charge is 1.62. The Bertz CT molecular complexity index is 42.2. The van der Waals surface area contributed by atoms with Crippen LogP contribution in [0.25, 0.3) is 0 Å². The second kappa shape index (κ2) is 29.8. The van der Waals surface area contributed by atoms with E-state index in [4.69, 9.17) is 15.3 Å². The van der Waals surface area contributed by atoms with E-state index in [1.165, 1.54) is 14.2 Å². The third kappa shape index (κ3) is 79.2. The SMILES string of the molecule is CCCO.COOOC.OCCO. The molecule has 0 saturated heterocycles. The summed E-state index contributed by atoms with van der Waals surface area (Å²) in [5, 5.41) is 27.0. The van der Waals surface area contributed by atoms with Crippen LogP contribution in [-0.4, -0.2) is 49.4 Å². The minimum atomic E-state index is -0.125. The molecule has 6 nitrogen and oxygen atoms in total. The van der Waals surface area contributed by atoms with Crippen LogP contribution in [0.1, 0.15) is 13.3 Å². The van der Waals surface area contributed by atoms with Crippen molar-refractivity contribution in [2.45, 2.75) is 13.3 Å². The van der Waals surface area contributed by atoms with Gasteiger partial charge >= 0.3 is 0 Å². The van der Waals surface area contributed by atoms with Crippen LogP contribution >= 0.6 is 0 Å². The van der Waals surface area contributed by atoms with E-state index in [2.05, 4.69) is 14.8 Å². The van der Waals surface area contributed by atoms with E-state index in [1.807, 2.05) is 6.92 Å². The molecule has 0 spiro atoms. The molecular formula is C7H20O6. The molecule has 0 aromatic rings. The molecule has 0 aliphatic carbocycles. The molecule has 0 amide bonds. The number of hydrogen-bond donors (Lipinski definition) is 3. The molecule has 3 N–H and O–H groups in total. The number of aliphatic hydroxyl groups excluding tert-OH is 3. The average Bonchev–Trinajstić information content (AvgIpc) is 2.20. The van der Waals surface area contributed by atoms with Crippen molar-refractivity contribution in [1.82, 2.24) is 0 Å². The van der Waals surface area contributed by atoms with Crippen LogP contribution in [-0.2, 0) is 14.8 Å². The topological polar surface area (TPSA) is 88.4 Å². The van der Waals surface area contributed by atoms with E-state index in [-0.39, 0.29) is 13.2 Å². The molecule has 0 aliphatic heterocycles. The first-order valence-electron chi connectivity index (χ1n) is 3.81. The molecule has 0 aliphatic rings. The van der Waals surface area contributed by atoms with E-state index >= 15 is 0 Å². The Balaban J connectivity index is -0.000000117. The van der Waals surface area contributed by atoms with Crippen molar-refractivity contribution < 1.29 is 30.1 Å². The fourth-order valence-electron chi connectivity index (χ4n) is 0.0680. The van der Waals surface area contributed by atoms with Gasteiger partial charge in [0.25, 0.3) is 0 Å². The summed E-state index contributed by atoms with van der Waals surface area (Å²) in [5.41, 5.74) is 0. The van der Waals surface area contributed by atoms with Crippen molar-refractivity contribution >= 4 is 0 Å². The third-order valence-corrected chi connectivity index (χ3v) is 0.460. The Labute approximate surface area is 78.5 Å². The maximum absolute atomic E-state index is 7.88. The normalized spacial score (nSPS) is 7.85. The average molecular weight is 200 g/mol. The van der Waals surface area contributed by atoms with Gasteiger partial charge in [0.1, 0.15) is 0 Å². The summed E-state index contributed by atoms with van der Waals surface area (Å²) in [6.07, 6.45) is 0.875. The van der Waals surface area contributed by atoms with Crippen molar-refractivity contribution in [1.29, 1.82) is 0 Å². The highest BCUT2D eigenvalue weighted by atomic mass is 17.5. The lowest BCUT2D eigenvalue weighted by molar-refractivity contribution is -0.491. The van der Waals surface area contributed by atoms with E-state index in [9.17, 15) is 0 Å². The lowest BCUT2D eigenvalue weighted by Crippen LogP contribution is -1.85. The van der Waals surface area contributed by atoms with E-state index < -0.39 is 0 Å². The molecule has 13 heavy (non-hydrogen) atoms. The zero-order chi connectivity index (χ0) is 10.9. The number of rotatable bonds is 4. The monoisotopic (exact) mass is 200 g/mol. The zero-order valence-electron chi connectivity index (χ0n) is 8.39. The fraction of sp³-hybridized carbons (Fsp3) is 1.00. The van der Waals surface area contributed by atoms with Crippen LogP contribution in [0, 0.1) is 0 Å².